The molecule has 0 radical (unpaired) electrons. The van der Waals surface area contributed by atoms with E-state index in [4.69, 9.17) is 15.2 Å². The van der Waals surface area contributed by atoms with Crippen LogP contribution in [0.4, 0.5) is 0 Å². The molecular weight excluding hydrogens is 252 g/mol. The van der Waals surface area contributed by atoms with Crippen molar-refractivity contribution in [2.45, 2.75) is 39.0 Å². The van der Waals surface area contributed by atoms with Gasteiger partial charge in [-0.3, -0.25) is 4.90 Å². The molecule has 1 aliphatic heterocycles. The predicted octanol–water partition coefficient (Wildman–Crippen LogP) is 2.15. The molecular formula is C16H26N2O2. The van der Waals surface area contributed by atoms with E-state index in [0.29, 0.717) is 12.6 Å². The van der Waals surface area contributed by atoms with Gasteiger partial charge in [-0.05, 0) is 31.0 Å². The van der Waals surface area contributed by atoms with Crippen molar-refractivity contribution in [3.63, 3.8) is 0 Å². The van der Waals surface area contributed by atoms with Crippen molar-refractivity contribution in [2.75, 3.05) is 26.8 Å². The minimum atomic E-state index is 0.403. The highest BCUT2D eigenvalue weighted by Gasteiger charge is 2.18. The number of nitrogens with zero attached hydrogens (tertiary/aromatic N) is 1. The first-order valence-corrected chi connectivity index (χ1v) is 7.46. The lowest BCUT2D eigenvalue weighted by atomic mass is 10.1. The van der Waals surface area contributed by atoms with Crippen molar-refractivity contribution in [1.29, 1.82) is 0 Å². The second kappa shape index (κ2) is 7.62. The molecule has 0 spiro atoms. The summed E-state index contributed by atoms with van der Waals surface area (Å²) in [5.41, 5.74) is 8.02. The lowest BCUT2D eigenvalue weighted by Gasteiger charge is -2.24. The fourth-order valence-electron chi connectivity index (χ4n) is 2.70. The zero-order valence-electron chi connectivity index (χ0n) is 12.6. The SMILES string of the molecule is CCN(Cc1ccc(CN)c(OC)c1)CC1CCCO1. The molecule has 1 unspecified atom stereocenters. The molecule has 112 valence electrons. The normalized spacial score (nSPS) is 18.7. The Morgan fingerprint density at radius 3 is 2.90 bits per heavy atom. The van der Waals surface area contributed by atoms with Gasteiger partial charge in [-0.15, -0.1) is 0 Å². The molecule has 0 aliphatic carbocycles. The Bertz CT molecular complexity index is 417. The van der Waals surface area contributed by atoms with Gasteiger partial charge in [0, 0.05) is 31.8 Å². The number of hydrogen-bond acceptors (Lipinski definition) is 4. The third kappa shape index (κ3) is 3.95. The lowest BCUT2D eigenvalue weighted by molar-refractivity contribution is 0.0725. The number of hydrogen-bond donors (Lipinski definition) is 1. The quantitative estimate of drug-likeness (QED) is 0.830. The van der Waals surface area contributed by atoms with Gasteiger partial charge in [0.15, 0.2) is 0 Å². The van der Waals surface area contributed by atoms with Crippen LogP contribution in [0.15, 0.2) is 18.2 Å². The third-order valence-electron chi connectivity index (χ3n) is 3.91. The van der Waals surface area contributed by atoms with Gasteiger partial charge in [0.1, 0.15) is 5.75 Å². The molecule has 0 saturated carbocycles. The fourth-order valence-corrected chi connectivity index (χ4v) is 2.70. The van der Waals surface area contributed by atoms with E-state index in [2.05, 4.69) is 30.0 Å². The van der Waals surface area contributed by atoms with E-state index in [1.165, 1.54) is 18.4 Å². The first-order valence-electron chi connectivity index (χ1n) is 7.46. The second-order valence-corrected chi connectivity index (χ2v) is 5.31. The maximum Gasteiger partial charge on any atom is 0.123 e. The number of benzene rings is 1. The molecule has 4 heteroatoms. The molecule has 0 aromatic heterocycles. The van der Waals surface area contributed by atoms with Crippen molar-refractivity contribution < 1.29 is 9.47 Å². The highest BCUT2D eigenvalue weighted by molar-refractivity contribution is 5.37. The Hall–Kier alpha value is -1.10. The summed E-state index contributed by atoms with van der Waals surface area (Å²) in [5.74, 6) is 0.887. The van der Waals surface area contributed by atoms with E-state index in [1.807, 2.05) is 0 Å². The van der Waals surface area contributed by atoms with Gasteiger partial charge >= 0.3 is 0 Å². The summed E-state index contributed by atoms with van der Waals surface area (Å²) in [4.78, 5) is 2.42. The first-order chi connectivity index (χ1) is 9.76. The van der Waals surface area contributed by atoms with Gasteiger partial charge in [0.25, 0.3) is 0 Å². The third-order valence-corrected chi connectivity index (χ3v) is 3.91. The van der Waals surface area contributed by atoms with Gasteiger partial charge in [-0.1, -0.05) is 19.1 Å². The van der Waals surface area contributed by atoms with Crippen LogP contribution in [0.25, 0.3) is 0 Å². The van der Waals surface area contributed by atoms with E-state index in [0.717, 1.165) is 37.6 Å². The topological polar surface area (TPSA) is 47.7 Å². The molecule has 1 aliphatic rings. The first kappa shape index (κ1) is 15.3. The van der Waals surface area contributed by atoms with Crippen LogP contribution < -0.4 is 10.5 Å². The Balaban J connectivity index is 1.99. The summed E-state index contributed by atoms with van der Waals surface area (Å²) in [6.07, 6.45) is 2.79. The van der Waals surface area contributed by atoms with Crippen LogP contribution >= 0.6 is 0 Å². The molecule has 1 saturated heterocycles. The minimum Gasteiger partial charge on any atom is -0.496 e. The maximum absolute atomic E-state index is 5.72. The highest BCUT2D eigenvalue weighted by Crippen LogP contribution is 2.21. The Morgan fingerprint density at radius 2 is 2.30 bits per heavy atom. The van der Waals surface area contributed by atoms with Crippen LogP contribution in [0.1, 0.15) is 30.9 Å². The predicted molar refractivity (Wildman–Crippen MR) is 80.8 cm³/mol. The summed E-state index contributed by atoms with van der Waals surface area (Å²) in [5, 5.41) is 0. The van der Waals surface area contributed by atoms with Gasteiger partial charge in [-0.2, -0.15) is 0 Å². The molecule has 1 atom stereocenters. The number of methoxy groups -OCH3 is 1. The van der Waals surface area contributed by atoms with Crippen molar-refractivity contribution >= 4 is 0 Å². The largest absolute Gasteiger partial charge is 0.496 e. The molecule has 2 rings (SSSR count). The van der Waals surface area contributed by atoms with E-state index in [-0.39, 0.29) is 0 Å². The van der Waals surface area contributed by atoms with Crippen molar-refractivity contribution in [2.24, 2.45) is 5.73 Å². The number of nitrogens with two attached hydrogens (primary N) is 1. The van der Waals surface area contributed by atoms with Crippen LogP contribution in [-0.2, 0) is 17.8 Å². The molecule has 4 nitrogen and oxygen atoms in total. The summed E-state index contributed by atoms with van der Waals surface area (Å²) >= 11 is 0. The monoisotopic (exact) mass is 278 g/mol. The fraction of sp³-hybridized carbons (Fsp3) is 0.625. The molecule has 0 bridgehead atoms. The highest BCUT2D eigenvalue weighted by atomic mass is 16.5. The van der Waals surface area contributed by atoms with Crippen LogP contribution in [-0.4, -0.2) is 37.8 Å². The Kier molecular flexibility index (Phi) is 5.83. The summed E-state index contributed by atoms with van der Waals surface area (Å²) in [6.45, 7) is 6.59. The maximum atomic E-state index is 5.72. The second-order valence-electron chi connectivity index (χ2n) is 5.31. The van der Waals surface area contributed by atoms with Crippen LogP contribution in [0.2, 0.25) is 0 Å². The van der Waals surface area contributed by atoms with Gasteiger partial charge < -0.3 is 15.2 Å². The summed E-state index contributed by atoms with van der Waals surface area (Å²) in [7, 11) is 1.70. The van der Waals surface area contributed by atoms with E-state index in [9.17, 15) is 0 Å². The minimum absolute atomic E-state index is 0.403. The van der Waals surface area contributed by atoms with E-state index >= 15 is 0 Å². The molecule has 1 aromatic carbocycles. The Morgan fingerprint density at radius 1 is 1.45 bits per heavy atom. The van der Waals surface area contributed by atoms with Crippen LogP contribution in [0.5, 0.6) is 5.75 Å². The van der Waals surface area contributed by atoms with E-state index in [1.54, 1.807) is 7.11 Å². The smallest absolute Gasteiger partial charge is 0.123 e. The lowest BCUT2D eigenvalue weighted by Crippen LogP contribution is -2.31. The van der Waals surface area contributed by atoms with Crippen molar-refractivity contribution in [3.8, 4) is 5.75 Å². The molecule has 1 heterocycles. The Labute approximate surface area is 121 Å². The molecule has 1 fully saturated rings. The number of ether oxygens (including phenoxy) is 2. The summed E-state index contributed by atoms with van der Waals surface area (Å²) in [6, 6.07) is 6.30. The van der Waals surface area contributed by atoms with Crippen LogP contribution in [0, 0.1) is 0 Å². The van der Waals surface area contributed by atoms with Gasteiger partial charge in [0.05, 0.1) is 13.2 Å². The zero-order valence-corrected chi connectivity index (χ0v) is 12.6. The zero-order chi connectivity index (χ0) is 14.4. The molecule has 0 amide bonds. The molecule has 1 aromatic rings. The summed E-state index contributed by atoms with van der Waals surface area (Å²) < 4.78 is 11.1. The number of rotatable bonds is 7. The van der Waals surface area contributed by atoms with Gasteiger partial charge in [-0.25, -0.2) is 0 Å². The molecule has 2 N–H and O–H groups in total. The van der Waals surface area contributed by atoms with Gasteiger partial charge in [0.2, 0.25) is 0 Å². The average Bonchev–Trinajstić information content (AvgIpc) is 2.99. The van der Waals surface area contributed by atoms with E-state index < -0.39 is 0 Å². The average molecular weight is 278 g/mol. The van der Waals surface area contributed by atoms with Crippen LogP contribution in [0.3, 0.4) is 0 Å². The molecule has 20 heavy (non-hydrogen) atoms. The number of likely N-dealkylation sites (N-methyl/N-ethyl adjacent to an activating group) is 1. The standard InChI is InChI=1S/C16H26N2O2/c1-3-18(12-15-5-4-8-20-15)11-13-6-7-14(10-17)16(9-13)19-2/h6-7,9,15H,3-5,8,10-12,17H2,1-2H3. The van der Waals surface area contributed by atoms with Crippen molar-refractivity contribution in [1.82, 2.24) is 4.90 Å². The van der Waals surface area contributed by atoms with Crippen molar-refractivity contribution in [3.05, 3.63) is 29.3 Å².